The maximum atomic E-state index is 13.4. The van der Waals surface area contributed by atoms with Crippen LogP contribution in [0.25, 0.3) is 32.7 Å². The lowest BCUT2D eigenvalue weighted by Crippen LogP contribution is -2.28. The second kappa shape index (κ2) is 12.1. The number of carboxylic acid groups (broad SMARTS) is 1. The predicted octanol–water partition coefficient (Wildman–Crippen LogP) is 4.78. The van der Waals surface area contributed by atoms with Crippen LogP contribution in [0.1, 0.15) is 36.3 Å². The number of anilines is 1. The van der Waals surface area contributed by atoms with Gasteiger partial charge in [0.05, 0.1) is 22.8 Å². The van der Waals surface area contributed by atoms with Gasteiger partial charge in [-0.1, -0.05) is 6.92 Å². The number of aromatic nitrogens is 4. The fourth-order valence-corrected chi connectivity index (χ4v) is 5.98. The molecule has 0 aliphatic carbocycles. The molecule has 1 saturated heterocycles. The van der Waals surface area contributed by atoms with Crippen LogP contribution >= 0.6 is 11.3 Å². The van der Waals surface area contributed by atoms with Crippen LogP contribution < -0.4 is 16.1 Å². The molecule has 43 heavy (non-hydrogen) atoms. The van der Waals surface area contributed by atoms with Gasteiger partial charge in [-0.3, -0.25) is 15.1 Å². The van der Waals surface area contributed by atoms with Crippen molar-refractivity contribution in [2.24, 2.45) is 5.92 Å². The lowest BCUT2D eigenvalue weighted by Gasteiger charge is -2.18. The van der Waals surface area contributed by atoms with E-state index in [2.05, 4.69) is 37.4 Å². The lowest BCUT2D eigenvalue weighted by atomic mass is 10.0. The quantitative estimate of drug-likeness (QED) is 0.257. The summed E-state index contributed by atoms with van der Waals surface area (Å²) in [7, 11) is 0. The molecular formula is C28H28F3N7O4S. The monoisotopic (exact) mass is 615 g/mol. The molecular weight excluding hydrogens is 587 g/mol. The number of hydrogen-bond acceptors (Lipinski definition) is 8. The highest BCUT2D eigenvalue weighted by molar-refractivity contribution is 7.13. The van der Waals surface area contributed by atoms with Gasteiger partial charge in [0, 0.05) is 48.5 Å². The van der Waals surface area contributed by atoms with E-state index in [1.165, 1.54) is 30.7 Å². The molecule has 4 aromatic rings. The number of aromatic carboxylic acids is 1. The van der Waals surface area contributed by atoms with Gasteiger partial charge in [-0.15, -0.1) is 11.3 Å². The Bertz CT molecular complexity index is 1750. The summed E-state index contributed by atoms with van der Waals surface area (Å²) in [5.74, 6) is -1.06. The van der Waals surface area contributed by atoms with Gasteiger partial charge in [0.15, 0.2) is 5.69 Å². The molecule has 5 heterocycles. The van der Waals surface area contributed by atoms with Crippen molar-refractivity contribution in [3.63, 3.8) is 0 Å². The fraction of sp³-hybridized carbons (Fsp3) is 0.357. The van der Waals surface area contributed by atoms with Crippen LogP contribution in [0.15, 0.2) is 40.9 Å². The van der Waals surface area contributed by atoms with Crippen molar-refractivity contribution >= 4 is 40.1 Å². The summed E-state index contributed by atoms with van der Waals surface area (Å²) in [4.78, 5) is 52.2. The van der Waals surface area contributed by atoms with Crippen LogP contribution in [0.3, 0.4) is 0 Å². The highest BCUT2D eigenvalue weighted by Gasteiger charge is 2.34. The highest BCUT2D eigenvalue weighted by atomic mass is 32.1. The first-order chi connectivity index (χ1) is 20.5. The zero-order chi connectivity index (χ0) is 30.9. The molecule has 1 unspecified atom stereocenters. The van der Waals surface area contributed by atoms with Crippen molar-refractivity contribution in [3.8, 4) is 21.8 Å². The van der Waals surface area contributed by atoms with Crippen molar-refractivity contribution in [3.05, 3.63) is 57.6 Å². The third-order valence-corrected chi connectivity index (χ3v) is 8.13. The Morgan fingerprint density at radius 1 is 1.16 bits per heavy atom. The number of nitrogens with one attached hydrogen (secondary N) is 2. The van der Waals surface area contributed by atoms with Crippen molar-refractivity contribution in [1.29, 1.82) is 0 Å². The summed E-state index contributed by atoms with van der Waals surface area (Å²) in [5.41, 5.74) is -1.14. The highest BCUT2D eigenvalue weighted by Crippen LogP contribution is 2.38. The number of hydrogen-bond donors (Lipinski definition) is 3. The standard InChI is InChI=1S/C28H28F3N7O4S/c1-3-32-27(42)36-23-8-16(25-35-22(14-43-25)28(29,30)31)18(9-34-23)20-7-17-21(10-33-20)38(13-19(24(17)39)26(40)41)12-15-5-6-37(4-2)11-15/h7-10,13-15H,3-6,11-12H2,1-2H3,(H,40,41)(H2,32,34,36,42). The number of likely N-dealkylation sites (tertiary alicyclic amines) is 1. The minimum Gasteiger partial charge on any atom is -0.477 e. The first-order valence-electron chi connectivity index (χ1n) is 13.6. The molecule has 4 aromatic heterocycles. The van der Waals surface area contributed by atoms with E-state index < -0.39 is 34.9 Å². The van der Waals surface area contributed by atoms with E-state index in [9.17, 15) is 32.7 Å². The molecule has 0 spiro atoms. The summed E-state index contributed by atoms with van der Waals surface area (Å²) in [5, 5.41) is 15.8. The smallest absolute Gasteiger partial charge is 0.434 e. The van der Waals surface area contributed by atoms with Crippen LogP contribution in [0.5, 0.6) is 0 Å². The van der Waals surface area contributed by atoms with E-state index in [-0.39, 0.29) is 39.0 Å². The number of thiazole rings is 1. The molecule has 226 valence electrons. The number of rotatable bonds is 8. The van der Waals surface area contributed by atoms with Crippen molar-refractivity contribution < 1.29 is 27.9 Å². The number of halogens is 3. The second-order valence-electron chi connectivity index (χ2n) is 10.1. The molecule has 3 N–H and O–H groups in total. The Hall–Kier alpha value is -4.37. The molecule has 15 heteroatoms. The van der Waals surface area contributed by atoms with Gasteiger partial charge >= 0.3 is 18.2 Å². The first-order valence-corrected chi connectivity index (χ1v) is 14.4. The molecule has 0 aromatic carbocycles. The number of carbonyl (C=O) groups is 2. The topological polar surface area (TPSA) is 142 Å². The SMILES string of the molecule is CCNC(=O)Nc1cc(-c2nc(C(F)(F)F)cs2)c(-c2cc3c(=O)c(C(=O)O)cn(CC4CCN(CC)C4)c3cn2)cn1. The fourth-order valence-electron chi connectivity index (χ4n) is 5.12. The van der Waals surface area contributed by atoms with Gasteiger partial charge in [0.2, 0.25) is 5.43 Å². The van der Waals surface area contributed by atoms with Gasteiger partial charge in [-0.05, 0) is 44.5 Å². The Kier molecular flexibility index (Phi) is 8.46. The minimum absolute atomic E-state index is 0.0102. The zero-order valence-corrected chi connectivity index (χ0v) is 24.1. The number of alkyl halides is 3. The molecule has 1 aliphatic rings. The van der Waals surface area contributed by atoms with E-state index in [0.717, 1.165) is 42.8 Å². The number of fused-ring (bicyclic) bond motifs is 1. The predicted molar refractivity (Wildman–Crippen MR) is 155 cm³/mol. The molecule has 1 aliphatic heterocycles. The summed E-state index contributed by atoms with van der Waals surface area (Å²) >= 11 is 0.749. The van der Waals surface area contributed by atoms with E-state index in [0.29, 0.717) is 18.6 Å². The summed E-state index contributed by atoms with van der Waals surface area (Å²) < 4.78 is 41.9. The number of carboxylic acids is 1. The van der Waals surface area contributed by atoms with Gasteiger partial charge in [0.25, 0.3) is 0 Å². The van der Waals surface area contributed by atoms with Crippen LogP contribution in [0.2, 0.25) is 0 Å². The van der Waals surface area contributed by atoms with Crippen molar-refractivity contribution in [2.45, 2.75) is 33.0 Å². The largest absolute Gasteiger partial charge is 0.477 e. The first kappa shape index (κ1) is 30.1. The molecule has 1 fully saturated rings. The second-order valence-corrected chi connectivity index (χ2v) is 11.0. The Balaban J connectivity index is 1.63. The maximum absolute atomic E-state index is 13.4. The average molecular weight is 616 g/mol. The Morgan fingerprint density at radius 3 is 2.60 bits per heavy atom. The summed E-state index contributed by atoms with van der Waals surface area (Å²) in [6, 6.07) is 2.24. The summed E-state index contributed by atoms with van der Waals surface area (Å²) in [6.07, 6.45) is 0.368. The number of amides is 2. The number of nitrogens with zero attached hydrogens (tertiary/aromatic N) is 5. The molecule has 2 amide bonds. The third kappa shape index (κ3) is 6.37. The molecule has 11 nitrogen and oxygen atoms in total. The Labute approximate surface area is 247 Å². The van der Waals surface area contributed by atoms with E-state index in [1.54, 1.807) is 11.5 Å². The van der Waals surface area contributed by atoms with Crippen molar-refractivity contribution in [1.82, 2.24) is 29.7 Å². The number of urea groups is 1. The van der Waals surface area contributed by atoms with Gasteiger partial charge in [-0.2, -0.15) is 13.2 Å². The molecule has 0 radical (unpaired) electrons. The zero-order valence-electron chi connectivity index (χ0n) is 23.2. The van der Waals surface area contributed by atoms with Gasteiger partial charge < -0.3 is 19.9 Å². The van der Waals surface area contributed by atoms with E-state index >= 15 is 0 Å². The average Bonchev–Trinajstić information content (AvgIpc) is 3.64. The van der Waals surface area contributed by atoms with Crippen LogP contribution in [-0.4, -0.2) is 67.7 Å². The van der Waals surface area contributed by atoms with Crippen LogP contribution in [-0.2, 0) is 12.7 Å². The van der Waals surface area contributed by atoms with E-state index in [1.807, 2.05) is 0 Å². The van der Waals surface area contributed by atoms with Crippen molar-refractivity contribution in [2.75, 3.05) is 31.5 Å². The van der Waals surface area contributed by atoms with Crippen LogP contribution in [0, 0.1) is 5.92 Å². The minimum atomic E-state index is -4.67. The van der Waals surface area contributed by atoms with Crippen LogP contribution in [0.4, 0.5) is 23.8 Å². The number of pyridine rings is 3. The third-order valence-electron chi connectivity index (χ3n) is 7.25. The lowest BCUT2D eigenvalue weighted by molar-refractivity contribution is -0.140. The van der Waals surface area contributed by atoms with Gasteiger partial charge in [0.1, 0.15) is 16.4 Å². The van der Waals surface area contributed by atoms with Gasteiger partial charge in [-0.25, -0.2) is 19.6 Å². The Morgan fingerprint density at radius 2 is 1.95 bits per heavy atom. The molecule has 0 bridgehead atoms. The summed E-state index contributed by atoms with van der Waals surface area (Å²) in [6.45, 7) is 7.31. The maximum Gasteiger partial charge on any atom is 0.434 e. The number of carbonyl (C=O) groups excluding carboxylic acids is 1. The molecule has 1 atom stereocenters. The molecule has 0 saturated carbocycles. The van der Waals surface area contributed by atoms with E-state index in [4.69, 9.17) is 0 Å². The molecule has 5 rings (SSSR count). The normalized spacial score (nSPS) is 15.6.